The van der Waals surface area contributed by atoms with E-state index in [-0.39, 0.29) is 6.09 Å². The summed E-state index contributed by atoms with van der Waals surface area (Å²) in [6.45, 7) is 12.2. The number of hydrogen-bond acceptors (Lipinski definition) is 5. The Morgan fingerprint density at radius 2 is 1.81 bits per heavy atom. The fourth-order valence-electron chi connectivity index (χ4n) is 2.07. The Bertz CT molecular complexity index is 672. The van der Waals surface area contributed by atoms with Gasteiger partial charge in [-0.15, -0.1) is 0 Å². The number of hydrogen-bond donors (Lipinski definition) is 0. The van der Waals surface area contributed by atoms with Crippen LogP contribution in [-0.4, -0.2) is 40.3 Å². The van der Waals surface area contributed by atoms with Crippen molar-refractivity contribution in [3.63, 3.8) is 0 Å². The van der Waals surface area contributed by atoms with Crippen LogP contribution >= 0.6 is 0 Å². The summed E-state index contributed by atoms with van der Waals surface area (Å²) in [6.07, 6.45) is 1.02. The van der Waals surface area contributed by atoms with Gasteiger partial charge in [-0.2, -0.15) is 4.98 Å². The standard InChI is InChI=1S/C18H25N3O3.C2H6/c1-13-8-10-14(11-9-13)16-19-15(24-20-16)7-6-12-21(5)17(22)23-18(2,3)4;1-2/h8-11H,6-7,12H2,1-5H3;1-2H3. The molecule has 1 amide bonds. The molecule has 2 rings (SSSR count). The van der Waals surface area contributed by atoms with Gasteiger partial charge in [0.05, 0.1) is 0 Å². The molecule has 0 unspecified atom stereocenters. The molecule has 0 aliphatic heterocycles. The molecule has 0 spiro atoms. The first-order valence-corrected chi connectivity index (χ1v) is 9.08. The number of carbonyl (C=O) groups is 1. The summed E-state index contributed by atoms with van der Waals surface area (Å²) < 4.78 is 10.6. The van der Waals surface area contributed by atoms with Crippen LogP contribution in [0.5, 0.6) is 0 Å². The maximum Gasteiger partial charge on any atom is 0.410 e. The lowest BCUT2D eigenvalue weighted by molar-refractivity contribution is 0.0296. The Morgan fingerprint density at radius 1 is 1.19 bits per heavy atom. The van der Waals surface area contributed by atoms with Crippen molar-refractivity contribution in [2.75, 3.05) is 13.6 Å². The number of ether oxygens (including phenoxy) is 1. The predicted molar refractivity (Wildman–Crippen MR) is 103 cm³/mol. The van der Waals surface area contributed by atoms with E-state index in [1.165, 1.54) is 5.56 Å². The second-order valence-corrected chi connectivity index (χ2v) is 6.88. The van der Waals surface area contributed by atoms with Crippen LogP contribution in [0.4, 0.5) is 4.79 Å². The van der Waals surface area contributed by atoms with Crippen LogP contribution in [0.15, 0.2) is 28.8 Å². The Balaban J connectivity index is 0.00000163. The minimum atomic E-state index is -0.485. The molecule has 0 atom stereocenters. The minimum Gasteiger partial charge on any atom is -0.444 e. The maximum absolute atomic E-state index is 11.9. The third-order valence-corrected chi connectivity index (χ3v) is 3.37. The van der Waals surface area contributed by atoms with E-state index in [0.29, 0.717) is 24.7 Å². The lowest BCUT2D eigenvalue weighted by Crippen LogP contribution is -2.34. The molecule has 0 N–H and O–H groups in total. The topological polar surface area (TPSA) is 68.5 Å². The molecule has 6 nitrogen and oxygen atoms in total. The normalized spacial score (nSPS) is 10.7. The van der Waals surface area contributed by atoms with E-state index in [9.17, 15) is 4.79 Å². The number of aromatic nitrogens is 2. The highest BCUT2D eigenvalue weighted by molar-refractivity contribution is 5.67. The van der Waals surface area contributed by atoms with E-state index in [2.05, 4.69) is 10.1 Å². The van der Waals surface area contributed by atoms with E-state index < -0.39 is 5.60 Å². The van der Waals surface area contributed by atoms with Crippen LogP contribution in [-0.2, 0) is 11.2 Å². The van der Waals surface area contributed by atoms with E-state index in [1.54, 1.807) is 11.9 Å². The van der Waals surface area contributed by atoms with Crippen molar-refractivity contribution in [3.8, 4) is 11.4 Å². The average molecular weight is 361 g/mol. The molecule has 0 bridgehead atoms. The van der Waals surface area contributed by atoms with Crippen LogP contribution in [0, 0.1) is 6.92 Å². The summed E-state index contributed by atoms with van der Waals surface area (Å²) >= 11 is 0. The van der Waals surface area contributed by atoms with Crippen LogP contribution in [0.25, 0.3) is 11.4 Å². The summed E-state index contributed by atoms with van der Waals surface area (Å²) in [4.78, 5) is 17.8. The van der Waals surface area contributed by atoms with Gasteiger partial charge in [-0.3, -0.25) is 0 Å². The number of benzene rings is 1. The van der Waals surface area contributed by atoms with Crippen molar-refractivity contribution < 1.29 is 14.1 Å². The first-order valence-electron chi connectivity index (χ1n) is 9.08. The molecule has 0 aliphatic rings. The zero-order valence-electron chi connectivity index (χ0n) is 17.0. The first-order chi connectivity index (χ1) is 12.2. The fourth-order valence-corrected chi connectivity index (χ4v) is 2.07. The largest absolute Gasteiger partial charge is 0.444 e. The smallest absolute Gasteiger partial charge is 0.410 e. The van der Waals surface area contributed by atoms with Gasteiger partial charge >= 0.3 is 6.09 Å². The summed E-state index contributed by atoms with van der Waals surface area (Å²) in [7, 11) is 1.72. The highest BCUT2D eigenvalue weighted by atomic mass is 16.6. The van der Waals surface area contributed by atoms with E-state index in [4.69, 9.17) is 9.26 Å². The van der Waals surface area contributed by atoms with Crippen LogP contribution in [0.1, 0.15) is 52.5 Å². The monoisotopic (exact) mass is 361 g/mol. The Morgan fingerprint density at radius 3 is 2.38 bits per heavy atom. The van der Waals surface area contributed by atoms with E-state index >= 15 is 0 Å². The van der Waals surface area contributed by atoms with Crippen molar-refractivity contribution in [2.45, 2.75) is 60.0 Å². The second-order valence-electron chi connectivity index (χ2n) is 6.88. The Hall–Kier alpha value is -2.37. The lowest BCUT2D eigenvalue weighted by atomic mass is 10.1. The Kier molecular flexibility index (Phi) is 8.29. The number of nitrogens with zero attached hydrogens (tertiary/aromatic N) is 3. The van der Waals surface area contributed by atoms with Crippen LogP contribution in [0.2, 0.25) is 0 Å². The van der Waals surface area contributed by atoms with Crippen molar-refractivity contribution in [3.05, 3.63) is 35.7 Å². The van der Waals surface area contributed by atoms with Crippen LogP contribution < -0.4 is 0 Å². The van der Waals surface area contributed by atoms with E-state index in [1.807, 2.05) is 65.8 Å². The molecule has 1 aromatic heterocycles. The number of amides is 1. The van der Waals surface area contributed by atoms with Gasteiger partial charge in [-0.05, 0) is 34.1 Å². The van der Waals surface area contributed by atoms with Gasteiger partial charge < -0.3 is 14.2 Å². The molecule has 1 heterocycles. The fraction of sp³-hybridized carbons (Fsp3) is 0.550. The third-order valence-electron chi connectivity index (χ3n) is 3.37. The van der Waals surface area contributed by atoms with Gasteiger partial charge in [-0.25, -0.2) is 4.79 Å². The second kappa shape index (κ2) is 9.94. The van der Waals surface area contributed by atoms with Gasteiger partial charge in [0.2, 0.25) is 11.7 Å². The quantitative estimate of drug-likeness (QED) is 0.760. The van der Waals surface area contributed by atoms with Crippen molar-refractivity contribution in [1.29, 1.82) is 0 Å². The molecule has 0 radical (unpaired) electrons. The van der Waals surface area contributed by atoms with Gasteiger partial charge in [0.15, 0.2) is 0 Å². The molecular formula is C20H31N3O3. The summed E-state index contributed by atoms with van der Waals surface area (Å²) in [6, 6.07) is 7.98. The average Bonchev–Trinajstić information content (AvgIpc) is 3.04. The highest BCUT2D eigenvalue weighted by Gasteiger charge is 2.19. The molecule has 26 heavy (non-hydrogen) atoms. The summed E-state index contributed by atoms with van der Waals surface area (Å²) in [5.74, 6) is 1.16. The van der Waals surface area contributed by atoms with Crippen molar-refractivity contribution in [1.82, 2.24) is 15.0 Å². The van der Waals surface area contributed by atoms with Crippen molar-refractivity contribution >= 4 is 6.09 Å². The zero-order chi connectivity index (χ0) is 19.7. The lowest BCUT2D eigenvalue weighted by Gasteiger charge is -2.24. The molecule has 6 heteroatoms. The zero-order valence-corrected chi connectivity index (χ0v) is 17.0. The molecule has 2 aromatic rings. The van der Waals surface area contributed by atoms with E-state index in [0.717, 1.165) is 12.0 Å². The molecule has 0 fully saturated rings. The first kappa shape index (κ1) is 21.7. The highest BCUT2D eigenvalue weighted by Crippen LogP contribution is 2.17. The molecule has 0 saturated heterocycles. The minimum absolute atomic E-state index is 0.326. The molecular weight excluding hydrogens is 330 g/mol. The van der Waals surface area contributed by atoms with Crippen molar-refractivity contribution in [2.24, 2.45) is 0 Å². The summed E-state index contributed by atoms with van der Waals surface area (Å²) in [5, 5.41) is 4.01. The third kappa shape index (κ3) is 7.25. The van der Waals surface area contributed by atoms with Crippen LogP contribution in [0.3, 0.4) is 0 Å². The maximum atomic E-state index is 11.9. The molecule has 144 valence electrons. The number of rotatable bonds is 5. The molecule has 0 saturated carbocycles. The summed E-state index contributed by atoms with van der Waals surface area (Å²) in [5.41, 5.74) is 1.63. The number of carbonyl (C=O) groups excluding carboxylic acids is 1. The molecule has 1 aromatic carbocycles. The van der Waals surface area contributed by atoms with Gasteiger partial charge in [0.1, 0.15) is 5.60 Å². The molecule has 0 aliphatic carbocycles. The number of aryl methyl sites for hydroxylation is 2. The van der Waals surface area contributed by atoms with Gasteiger partial charge in [-0.1, -0.05) is 48.8 Å². The van der Waals surface area contributed by atoms with Gasteiger partial charge in [0, 0.05) is 25.6 Å². The van der Waals surface area contributed by atoms with Gasteiger partial charge in [0.25, 0.3) is 0 Å². The SMILES string of the molecule is CC.Cc1ccc(-c2noc(CCCN(C)C(=O)OC(C)(C)C)n2)cc1. The predicted octanol–water partition coefficient (Wildman–Crippen LogP) is 4.87. The Labute approximate surface area is 156 Å².